The molecule has 0 radical (unpaired) electrons. The molecule has 1 amide bonds. The van der Waals surface area contributed by atoms with Crippen LogP contribution in [0.1, 0.15) is 33.0 Å². The fourth-order valence-electron chi connectivity index (χ4n) is 3.80. The monoisotopic (exact) mass is 427 g/mol. The lowest BCUT2D eigenvalue weighted by atomic mass is 9.98. The molecule has 0 bridgehead atoms. The number of hydrogen-bond donors (Lipinski definition) is 2. The number of halogens is 3. The van der Waals surface area contributed by atoms with E-state index in [-0.39, 0.29) is 18.2 Å². The van der Waals surface area contributed by atoms with Gasteiger partial charge in [0, 0.05) is 11.6 Å². The number of fused-ring (bicyclic) bond motifs is 3. The van der Waals surface area contributed by atoms with Gasteiger partial charge in [-0.15, -0.1) is 0 Å². The maximum absolute atomic E-state index is 13.0. The van der Waals surface area contributed by atoms with Gasteiger partial charge in [0.1, 0.15) is 6.61 Å². The molecule has 0 aromatic heterocycles. The van der Waals surface area contributed by atoms with E-state index in [1.165, 1.54) is 0 Å². The van der Waals surface area contributed by atoms with Crippen molar-refractivity contribution in [2.24, 2.45) is 0 Å². The lowest BCUT2D eigenvalue weighted by molar-refractivity contribution is -0.138. The Hall–Kier alpha value is -3.81. The second kappa shape index (κ2) is 7.79. The Morgan fingerprint density at radius 1 is 0.935 bits per heavy atom. The second-order valence-electron chi connectivity index (χ2n) is 7.01. The highest BCUT2D eigenvalue weighted by Crippen LogP contribution is 2.44. The van der Waals surface area contributed by atoms with E-state index in [0.29, 0.717) is 6.07 Å². The van der Waals surface area contributed by atoms with Crippen molar-refractivity contribution < 1.29 is 32.6 Å². The minimum absolute atomic E-state index is 0.0201. The molecule has 5 nitrogen and oxygen atoms in total. The molecule has 1 aliphatic rings. The van der Waals surface area contributed by atoms with Crippen LogP contribution in [0.25, 0.3) is 11.1 Å². The fourth-order valence-corrected chi connectivity index (χ4v) is 3.80. The van der Waals surface area contributed by atoms with Crippen LogP contribution in [-0.4, -0.2) is 23.8 Å². The number of alkyl halides is 3. The third-order valence-corrected chi connectivity index (χ3v) is 5.15. The summed E-state index contributed by atoms with van der Waals surface area (Å²) < 4.78 is 44.2. The Balaban J connectivity index is 1.49. The number of carboxylic acids is 1. The minimum Gasteiger partial charge on any atom is -0.478 e. The molecule has 0 atom stereocenters. The number of carboxylic acid groups (broad SMARTS) is 1. The van der Waals surface area contributed by atoms with Crippen molar-refractivity contribution in [1.29, 1.82) is 0 Å². The summed E-state index contributed by atoms with van der Waals surface area (Å²) >= 11 is 0. The smallest absolute Gasteiger partial charge is 0.417 e. The first-order valence-corrected chi connectivity index (χ1v) is 9.32. The SMILES string of the molecule is O=C(Nc1ccc(C(F)(F)F)c(C(=O)O)c1)OCC1c2ccccc2-c2ccccc21. The van der Waals surface area contributed by atoms with Crippen molar-refractivity contribution >= 4 is 17.7 Å². The summed E-state index contributed by atoms with van der Waals surface area (Å²) in [6, 6.07) is 17.9. The van der Waals surface area contributed by atoms with Crippen molar-refractivity contribution in [3.05, 3.63) is 89.0 Å². The molecule has 0 saturated carbocycles. The van der Waals surface area contributed by atoms with E-state index in [1.54, 1.807) is 0 Å². The van der Waals surface area contributed by atoms with Gasteiger partial charge in [0.05, 0.1) is 11.1 Å². The Bertz CT molecular complexity index is 1130. The molecule has 0 aliphatic heterocycles. The van der Waals surface area contributed by atoms with E-state index in [1.807, 2.05) is 48.5 Å². The normalized spacial score (nSPS) is 12.7. The number of carbonyl (C=O) groups is 2. The van der Waals surface area contributed by atoms with Gasteiger partial charge in [-0.1, -0.05) is 48.5 Å². The predicted molar refractivity (Wildman–Crippen MR) is 107 cm³/mol. The lowest BCUT2D eigenvalue weighted by Gasteiger charge is -2.15. The molecule has 3 aromatic carbocycles. The van der Waals surface area contributed by atoms with Gasteiger partial charge in [-0.25, -0.2) is 9.59 Å². The van der Waals surface area contributed by atoms with Crippen LogP contribution in [0.5, 0.6) is 0 Å². The van der Waals surface area contributed by atoms with Crippen molar-refractivity contribution in [3.8, 4) is 11.1 Å². The van der Waals surface area contributed by atoms with E-state index in [0.717, 1.165) is 34.4 Å². The predicted octanol–water partition coefficient (Wildman–Crippen LogP) is 5.76. The third kappa shape index (κ3) is 3.96. The molecule has 0 heterocycles. The number of benzene rings is 3. The van der Waals surface area contributed by atoms with E-state index in [4.69, 9.17) is 9.84 Å². The quantitative estimate of drug-likeness (QED) is 0.555. The van der Waals surface area contributed by atoms with E-state index < -0.39 is 29.4 Å². The molecular weight excluding hydrogens is 411 g/mol. The first-order chi connectivity index (χ1) is 14.8. The topological polar surface area (TPSA) is 75.6 Å². The highest BCUT2D eigenvalue weighted by Gasteiger charge is 2.35. The Morgan fingerprint density at radius 3 is 2.06 bits per heavy atom. The number of aromatic carboxylic acids is 1. The van der Waals surface area contributed by atoms with Crippen molar-refractivity contribution in [2.75, 3.05) is 11.9 Å². The van der Waals surface area contributed by atoms with Gasteiger partial charge in [-0.05, 0) is 40.5 Å². The molecule has 0 unspecified atom stereocenters. The summed E-state index contributed by atoms with van der Waals surface area (Å²) in [7, 11) is 0. The average Bonchev–Trinajstić information content (AvgIpc) is 3.05. The molecule has 1 aliphatic carbocycles. The lowest BCUT2D eigenvalue weighted by Crippen LogP contribution is -2.19. The largest absolute Gasteiger partial charge is 0.478 e. The van der Waals surface area contributed by atoms with Gasteiger partial charge in [-0.2, -0.15) is 13.2 Å². The maximum atomic E-state index is 13.0. The summed E-state index contributed by atoms with van der Waals surface area (Å²) in [6.45, 7) is 0.0201. The zero-order valence-electron chi connectivity index (χ0n) is 15.9. The van der Waals surface area contributed by atoms with Crippen LogP contribution in [0, 0.1) is 0 Å². The average molecular weight is 427 g/mol. The molecule has 0 spiro atoms. The summed E-state index contributed by atoms with van der Waals surface area (Å²) in [6.07, 6.45) is -5.71. The first kappa shape index (κ1) is 20.5. The number of anilines is 1. The minimum atomic E-state index is -4.82. The highest BCUT2D eigenvalue weighted by atomic mass is 19.4. The summed E-state index contributed by atoms with van der Waals surface area (Å²) in [4.78, 5) is 23.4. The van der Waals surface area contributed by atoms with Gasteiger partial charge >= 0.3 is 18.2 Å². The van der Waals surface area contributed by atoms with Crippen LogP contribution in [-0.2, 0) is 10.9 Å². The van der Waals surface area contributed by atoms with Crippen LogP contribution in [0.4, 0.5) is 23.7 Å². The number of rotatable bonds is 4. The van der Waals surface area contributed by atoms with Gasteiger partial charge in [-0.3, -0.25) is 5.32 Å². The molecule has 31 heavy (non-hydrogen) atoms. The van der Waals surface area contributed by atoms with E-state index in [2.05, 4.69) is 5.32 Å². The number of ether oxygens (including phenoxy) is 1. The first-order valence-electron chi connectivity index (χ1n) is 9.32. The standard InChI is InChI=1S/C23H16F3NO4/c24-23(25,26)20-10-9-13(11-18(20)21(28)29)27-22(30)31-12-19-16-7-3-1-5-14(16)15-6-2-4-8-17(15)19/h1-11,19H,12H2,(H,27,30)(H,28,29). The van der Waals surface area contributed by atoms with Crippen LogP contribution >= 0.6 is 0 Å². The molecule has 158 valence electrons. The maximum Gasteiger partial charge on any atom is 0.417 e. The van der Waals surface area contributed by atoms with E-state index in [9.17, 15) is 22.8 Å². The van der Waals surface area contributed by atoms with Crippen molar-refractivity contribution in [2.45, 2.75) is 12.1 Å². The van der Waals surface area contributed by atoms with Gasteiger partial charge < -0.3 is 9.84 Å². The molecule has 2 N–H and O–H groups in total. The van der Waals surface area contributed by atoms with Gasteiger partial charge in [0.15, 0.2) is 0 Å². The number of nitrogens with one attached hydrogen (secondary N) is 1. The summed E-state index contributed by atoms with van der Waals surface area (Å²) in [5.41, 5.74) is 1.78. The summed E-state index contributed by atoms with van der Waals surface area (Å²) in [5.74, 6) is -1.93. The second-order valence-corrected chi connectivity index (χ2v) is 7.01. The zero-order chi connectivity index (χ0) is 22.2. The van der Waals surface area contributed by atoms with E-state index >= 15 is 0 Å². The summed E-state index contributed by atoms with van der Waals surface area (Å²) in [5, 5.41) is 11.4. The molecule has 8 heteroatoms. The van der Waals surface area contributed by atoms with Crippen LogP contribution in [0.3, 0.4) is 0 Å². The highest BCUT2D eigenvalue weighted by molar-refractivity contribution is 5.93. The van der Waals surface area contributed by atoms with Crippen LogP contribution in [0.15, 0.2) is 66.7 Å². The van der Waals surface area contributed by atoms with Crippen LogP contribution in [0.2, 0.25) is 0 Å². The Kier molecular flexibility index (Phi) is 5.14. The molecule has 0 saturated heterocycles. The number of amides is 1. The van der Waals surface area contributed by atoms with Crippen molar-refractivity contribution in [3.63, 3.8) is 0 Å². The molecule has 3 aromatic rings. The third-order valence-electron chi connectivity index (χ3n) is 5.15. The number of hydrogen-bond acceptors (Lipinski definition) is 3. The van der Waals surface area contributed by atoms with Crippen molar-refractivity contribution in [1.82, 2.24) is 0 Å². The van der Waals surface area contributed by atoms with Gasteiger partial charge in [0.25, 0.3) is 0 Å². The molecular formula is C23H16F3NO4. The number of carbonyl (C=O) groups excluding carboxylic acids is 1. The van der Waals surface area contributed by atoms with Crippen LogP contribution < -0.4 is 5.32 Å². The zero-order valence-corrected chi connectivity index (χ0v) is 15.9. The Labute approximate surface area is 175 Å². The molecule has 0 fully saturated rings. The Morgan fingerprint density at radius 2 is 1.52 bits per heavy atom. The molecule has 4 rings (SSSR count). The van der Waals surface area contributed by atoms with Gasteiger partial charge in [0.2, 0.25) is 0 Å². The fraction of sp³-hybridized carbons (Fsp3) is 0.130.